The third-order valence-corrected chi connectivity index (χ3v) is 5.38. The summed E-state index contributed by atoms with van der Waals surface area (Å²) in [4.78, 5) is 23.8. The minimum absolute atomic E-state index is 0.184. The molecule has 0 bridgehead atoms. The second kappa shape index (κ2) is 9.84. The molecule has 1 saturated heterocycles. The second-order valence-electron chi connectivity index (χ2n) is 7.64. The maximum atomic E-state index is 12.4. The number of morpholine rings is 1. The van der Waals surface area contributed by atoms with E-state index >= 15 is 0 Å². The number of hydrogen-bond donors (Lipinski definition) is 2. The zero-order valence-corrected chi connectivity index (χ0v) is 18.7. The highest BCUT2D eigenvalue weighted by atomic mass is 16.7. The summed E-state index contributed by atoms with van der Waals surface area (Å²) < 4.78 is 21.8. The first kappa shape index (κ1) is 21.8. The average Bonchev–Trinajstić information content (AvgIpc) is 3.33. The fraction of sp³-hybridized carbons (Fsp3) is 0.292. The van der Waals surface area contributed by atoms with Crippen molar-refractivity contribution in [2.24, 2.45) is 0 Å². The fourth-order valence-corrected chi connectivity index (χ4v) is 3.73. The third kappa shape index (κ3) is 4.81. The van der Waals surface area contributed by atoms with Gasteiger partial charge in [-0.25, -0.2) is 14.8 Å². The normalized spacial score (nSPS) is 14.6. The van der Waals surface area contributed by atoms with Gasteiger partial charge in [0, 0.05) is 36.1 Å². The lowest BCUT2D eigenvalue weighted by molar-refractivity contribution is 0.122. The second-order valence-corrected chi connectivity index (χ2v) is 7.64. The first-order chi connectivity index (χ1) is 16.7. The van der Waals surface area contributed by atoms with Crippen LogP contribution in [0.5, 0.6) is 17.2 Å². The minimum Gasteiger partial charge on any atom is -0.488 e. The summed E-state index contributed by atoms with van der Waals surface area (Å²) >= 11 is 0. The van der Waals surface area contributed by atoms with Crippen molar-refractivity contribution in [2.45, 2.75) is 6.92 Å². The van der Waals surface area contributed by atoms with Crippen molar-refractivity contribution < 1.29 is 23.7 Å². The van der Waals surface area contributed by atoms with Gasteiger partial charge in [-0.15, -0.1) is 0 Å². The summed E-state index contributed by atoms with van der Waals surface area (Å²) in [5.41, 5.74) is 2.08. The zero-order chi connectivity index (χ0) is 23.3. The molecule has 3 aromatic rings. The van der Waals surface area contributed by atoms with Crippen LogP contribution in [-0.2, 0) is 4.74 Å². The van der Waals surface area contributed by atoms with Gasteiger partial charge in [0.2, 0.25) is 6.79 Å². The van der Waals surface area contributed by atoms with Crippen LogP contribution in [0.4, 0.5) is 22.0 Å². The number of hydrogen-bond acceptors (Lipinski definition) is 8. The average molecular weight is 463 g/mol. The third-order valence-electron chi connectivity index (χ3n) is 5.38. The quantitative estimate of drug-likeness (QED) is 0.569. The molecule has 3 heterocycles. The number of amides is 2. The number of benzene rings is 2. The molecule has 2 amide bonds. The van der Waals surface area contributed by atoms with Gasteiger partial charge in [-0.1, -0.05) is 0 Å². The number of urea groups is 1. The number of rotatable bonds is 6. The van der Waals surface area contributed by atoms with Crippen LogP contribution in [0.3, 0.4) is 0 Å². The summed E-state index contributed by atoms with van der Waals surface area (Å²) in [6, 6.07) is 12.2. The molecular weight excluding hydrogens is 438 g/mol. The predicted molar refractivity (Wildman–Crippen MR) is 127 cm³/mol. The molecule has 0 unspecified atom stereocenters. The molecule has 2 aromatic carbocycles. The van der Waals surface area contributed by atoms with Crippen LogP contribution in [0.1, 0.15) is 6.92 Å². The molecule has 0 atom stereocenters. The Bertz CT molecular complexity index is 1160. The Balaban J connectivity index is 1.27. The SMILES string of the molecule is CCOc1cnc(-c2ccc(NC(=O)Nc3ccc4c(c3)OCO4)cc2)nc1N1CCOCC1. The Labute approximate surface area is 196 Å². The summed E-state index contributed by atoms with van der Waals surface area (Å²) in [5.74, 6) is 3.28. The number of carbonyl (C=O) groups excluding carboxylic acids is 1. The highest BCUT2D eigenvalue weighted by Gasteiger charge is 2.19. The lowest BCUT2D eigenvalue weighted by atomic mass is 10.2. The molecule has 1 aromatic heterocycles. The Morgan fingerprint density at radius 3 is 2.56 bits per heavy atom. The zero-order valence-electron chi connectivity index (χ0n) is 18.7. The monoisotopic (exact) mass is 463 g/mol. The van der Waals surface area contributed by atoms with E-state index in [0.717, 1.165) is 24.5 Å². The highest BCUT2D eigenvalue weighted by Crippen LogP contribution is 2.34. The molecule has 10 heteroatoms. The van der Waals surface area contributed by atoms with Crippen molar-refractivity contribution in [3.63, 3.8) is 0 Å². The van der Waals surface area contributed by atoms with Gasteiger partial charge in [0.25, 0.3) is 0 Å². The number of carbonyl (C=O) groups is 1. The standard InChI is InChI=1S/C24H25N5O5/c1-2-32-21-14-25-22(28-23(21)29-9-11-31-12-10-29)16-3-5-17(6-4-16)26-24(30)27-18-7-8-19-20(13-18)34-15-33-19/h3-8,13-14H,2,9-12,15H2,1H3,(H2,26,27,30). The Morgan fingerprint density at radius 2 is 1.76 bits per heavy atom. The van der Waals surface area contributed by atoms with Crippen molar-refractivity contribution in [3.8, 4) is 28.6 Å². The van der Waals surface area contributed by atoms with Crippen molar-refractivity contribution in [2.75, 3.05) is 55.2 Å². The van der Waals surface area contributed by atoms with E-state index in [0.29, 0.717) is 54.3 Å². The number of fused-ring (bicyclic) bond motifs is 1. The van der Waals surface area contributed by atoms with E-state index in [1.54, 1.807) is 24.4 Å². The van der Waals surface area contributed by atoms with Gasteiger partial charge < -0.3 is 34.5 Å². The lowest BCUT2D eigenvalue weighted by Gasteiger charge is -2.29. The number of ether oxygens (including phenoxy) is 4. The molecule has 0 saturated carbocycles. The van der Waals surface area contributed by atoms with Gasteiger partial charge in [-0.2, -0.15) is 0 Å². The summed E-state index contributed by atoms with van der Waals surface area (Å²) in [7, 11) is 0. The van der Waals surface area contributed by atoms with Crippen LogP contribution in [-0.4, -0.2) is 55.7 Å². The Kier molecular flexibility index (Phi) is 6.30. The van der Waals surface area contributed by atoms with Crippen LogP contribution in [0.2, 0.25) is 0 Å². The van der Waals surface area contributed by atoms with Crippen molar-refractivity contribution in [3.05, 3.63) is 48.7 Å². The number of nitrogens with zero attached hydrogens (tertiary/aromatic N) is 3. The maximum absolute atomic E-state index is 12.4. The van der Waals surface area contributed by atoms with Gasteiger partial charge in [-0.05, 0) is 43.3 Å². The van der Waals surface area contributed by atoms with E-state index in [-0.39, 0.29) is 12.8 Å². The molecule has 2 N–H and O–H groups in total. The number of nitrogens with one attached hydrogen (secondary N) is 2. The van der Waals surface area contributed by atoms with Crippen molar-refractivity contribution in [1.82, 2.24) is 9.97 Å². The highest BCUT2D eigenvalue weighted by molar-refractivity contribution is 6.00. The van der Waals surface area contributed by atoms with Gasteiger partial charge in [0.15, 0.2) is 28.9 Å². The van der Waals surface area contributed by atoms with Crippen LogP contribution in [0, 0.1) is 0 Å². The van der Waals surface area contributed by atoms with E-state index in [1.165, 1.54) is 0 Å². The van der Waals surface area contributed by atoms with Gasteiger partial charge >= 0.3 is 6.03 Å². The summed E-state index contributed by atoms with van der Waals surface area (Å²) in [5, 5.41) is 5.61. The molecule has 0 aliphatic carbocycles. The molecule has 0 radical (unpaired) electrons. The number of anilines is 3. The number of aromatic nitrogens is 2. The molecular formula is C24H25N5O5. The van der Waals surface area contributed by atoms with Crippen LogP contribution >= 0.6 is 0 Å². The smallest absolute Gasteiger partial charge is 0.323 e. The van der Waals surface area contributed by atoms with E-state index in [4.69, 9.17) is 23.9 Å². The maximum Gasteiger partial charge on any atom is 0.323 e. The Hall–Kier alpha value is -4.05. The van der Waals surface area contributed by atoms with E-state index < -0.39 is 0 Å². The molecule has 0 spiro atoms. The minimum atomic E-state index is -0.362. The molecule has 2 aliphatic heterocycles. The van der Waals surface area contributed by atoms with E-state index in [9.17, 15) is 4.79 Å². The summed E-state index contributed by atoms with van der Waals surface area (Å²) in [6.45, 7) is 5.46. The van der Waals surface area contributed by atoms with E-state index in [2.05, 4.69) is 20.5 Å². The van der Waals surface area contributed by atoms with Crippen molar-refractivity contribution >= 4 is 23.2 Å². The summed E-state index contributed by atoms with van der Waals surface area (Å²) in [6.07, 6.45) is 1.71. The van der Waals surface area contributed by atoms with Gasteiger partial charge in [-0.3, -0.25) is 0 Å². The molecule has 1 fully saturated rings. The Morgan fingerprint density at radius 1 is 1.03 bits per heavy atom. The van der Waals surface area contributed by atoms with E-state index in [1.807, 2.05) is 31.2 Å². The van der Waals surface area contributed by atoms with Crippen LogP contribution < -0.4 is 29.7 Å². The van der Waals surface area contributed by atoms with Gasteiger partial charge in [0.1, 0.15) is 0 Å². The van der Waals surface area contributed by atoms with Crippen LogP contribution in [0.15, 0.2) is 48.7 Å². The fourth-order valence-electron chi connectivity index (χ4n) is 3.73. The topological polar surface area (TPSA) is 107 Å². The molecule has 10 nitrogen and oxygen atoms in total. The molecule has 5 rings (SSSR count). The van der Waals surface area contributed by atoms with Crippen LogP contribution in [0.25, 0.3) is 11.4 Å². The largest absolute Gasteiger partial charge is 0.488 e. The first-order valence-electron chi connectivity index (χ1n) is 11.1. The predicted octanol–water partition coefficient (Wildman–Crippen LogP) is 3.75. The molecule has 2 aliphatic rings. The molecule has 34 heavy (non-hydrogen) atoms. The van der Waals surface area contributed by atoms with Gasteiger partial charge in [0.05, 0.1) is 26.0 Å². The lowest BCUT2D eigenvalue weighted by Crippen LogP contribution is -2.37. The molecule has 176 valence electrons. The van der Waals surface area contributed by atoms with Crippen molar-refractivity contribution in [1.29, 1.82) is 0 Å². The first-order valence-corrected chi connectivity index (χ1v) is 11.1.